The number of aryl methyl sites for hydroxylation is 2. The number of aromatic nitrogens is 2. The van der Waals surface area contributed by atoms with Gasteiger partial charge in [-0.1, -0.05) is 18.2 Å². The number of thiazole rings is 1. The van der Waals surface area contributed by atoms with Crippen molar-refractivity contribution in [3.05, 3.63) is 76.2 Å². The molecule has 0 fully saturated rings. The highest BCUT2D eigenvalue weighted by Crippen LogP contribution is 2.40. The molecule has 0 aliphatic carbocycles. The molecule has 4 aromatic rings. The second-order valence-electron chi connectivity index (χ2n) is 5.80. The maximum absolute atomic E-state index is 11.7. The molecule has 2 aromatic carbocycles. The fourth-order valence-corrected chi connectivity index (χ4v) is 3.60. The number of hydrogen-bond acceptors (Lipinski definition) is 4. The maximum atomic E-state index is 11.7. The Hall–Kier alpha value is -2.92. The molecule has 4 nitrogen and oxygen atoms in total. The molecule has 0 atom stereocenters. The minimum Gasteiger partial charge on any atom is -0.454 e. The van der Waals surface area contributed by atoms with Crippen LogP contribution in [0.1, 0.15) is 5.01 Å². The predicted molar refractivity (Wildman–Crippen MR) is 102 cm³/mol. The van der Waals surface area contributed by atoms with Gasteiger partial charge in [-0.25, -0.2) is 4.98 Å². The van der Waals surface area contributed by atoms with Crippen molar-refractivity contribution in [3.63, 3.8) is 0 Å². The molecule has 2 heterocycles. The van der Waals surface area contributed by atoms with Crippen LogP contribution in [0, 0.1) is 6.92 Å². The van der Waals surface area contributed by atoms with Crippen molar-refractivity contribution in [2.24, 2.45) is 7.05 Å². The first-order valence-corrected chi connectivity index (χ1v) is 8.73. The van der Waals surface area contributed by atoms with E-state index in [1.54, 1.807) is 29.0 Å². The monoisotopic (exact) mass is 348 g/mol. The third kappa shape index (κ3) is 2.94. The van der Waals surface area contributed by atoms with E-state index in [0.29, 0.717) is 5.75 Å². The second-order valence-corrected chi connectivity index (χ2v) is 7.04. The lowest BCUT2D eigenvalue weighted by molar-refractivity contribution is 0.489. The quantitative estimate of drug-likeness (QED) is 0.536. The summed E-state index contributed by atoms with van der Waals surface area (Å²) in [4.78, 5) is 16.4. The zero-order chi connectivity index (χ0) is 17.4. The number of hydrogen-bond donors (Lipinski definition) is 0. The van der Waals surface area contributed by atoms with Crippen LogP contribution in [0.4, 0.5) is 0 Å². The van der Waals surface area contributed by atoms with E-state index in [1.807, 2.05) is 55.6 Å². The van der Waals surface area contributed by atoms with Crippen molar-refractivity contribution in [2.45, 2.75) is 6.92 Å². The van der Waals surface area contributed by atoms with E-state index in [2.05, 4.69) is 11.1 Å². The molecule has 0 saturated carbocycles. The Morgan fingerprint density at radius 1 is 1.04 bits per heavy atom. The molecule has 5 heteroatoms. The highest BCUT2D eigenvalue weighted by Gasteiger charge is 2.16. The fraction of sp³-hybridized carbons (Fsp3) is 0.100. The first-order chi connectivity index (χ1) is 12.1. The van der Waals surface area contributed by atoms with E-state index >= 15 is 0 Å². The van der Waals surface area contributed by atoms with Gasteiger partial charge in [0.05, 0.1) is 9.71 Å². The van der Waals surface area contributed by atoms with E-state index < -0.39 is 0 Å². The van der Waals surface area contributed by atoms with Crippen LogP contribution in [-0.2, 0) is 7.05 Å². The number of pyridine rings is 1. The van der Waals surface area contributed by atoms with Crippen molar-refractivity contribution in [2.75, 3.05) is 0 Å². The lowest BCUT2D eigenvalue weighted by Gasteiger charge is -2.13. The largest absolute Gasteiger partial charge is 0.454 e. The van der Waals surface area contributed by atoms with Gasteiger partial charge in [-0.2, -0.15) is 0 Å². The normalized spacial score (nSPS) is 11.0. The van der Waals surface area contributed by atoms with Crippen molar-refractivity contribution >= 4 is 21.6 Å². The van der Waals surface area contributed by atoms with Crippen molar-refractivity contribution in [1.82, 2.24) is 9.55 Å². The Kier molecular flexibility index (Phi) is 3.86. The van der Waals surface area contributed by atoms with E-state index in [4.69, 9.17) is 4.74 Å². The van der Waals surface area contributed by atoms with Crippen LogP contribution in [0.5, 0.6) is 11.5 Å². The first kappa shape index (κ1) is 15.6. The fourth-order valence-electron chi connectivity index (χ4n) is 2.77. The molecule has 25 heavy (non-hydrogen) atoms. The lowest BCUT2D eigenvalue weighted by atomic mass is 10.1. The predicted octanol–water partition coefficient (Wildman–Crippen LogP) is 4.76. The molecule has 0 N–H and O–H groups in total. The first-order valence-electron chi connectivity index (χ1n) is 7.92. The van der Waals surface area contributed by atoms with Crippen LogP contribution < -0.4 is 10.3 Å². The van der Waals surface area contributed by atoms with E-state index in [0.717, 1.165) is 32.1 Å². The summed E-state index contributed by atoms with van der Waals surface area (Å²) in [5.41, 5.74) is 2.63. The third-order valence-electron chi connectivity index (χ3n) is 3.98. The topological polar surface area (TPSA) is 44.1 Å². The third-order valence-corrected chi connectivity index (χ3v) is 4.92. The molecule has 0 radical (unpaired) electrons. The summed E-state index contributed by atoms with van der Waals surface area (Å²) < 4.78 is 8.87. The Morgan fingerprint density at radius 2 is 1.84 bits per heavy atom. The van der Waals surface area contributed by atoms with Gasteiger partial charge in [0.2, 0.25) is 5.56 Å². The van der Waals surface area contributed by atoms with E-state index in [9.17, 15) is 4.79 Å². The second kappa shape index (κ2) is 6.18. The summed E-state index contributed by atoms with van der Waals surface area (Å²) in [5.74, 6) is 1.47. The number of fused-ring (bicyclic) bond motifs is 1. The number of rotatable bonds is 3. The van der Waals surface area contributed by atoms with E-state index in [-0.39, 0.29) is 5.56 Å². The van der Waals surface area contributed by atoms with Crippen LogP contribution in [0.25, 0.3) is 21.3 Å². The smallest absolute Gasteiger partial charge is 0.250 e. The van der Waals surface area contributed by atoms with Gasteiger partial charge in [0.25, 0.3) is 0 Å². The van der Waals surface area contributed by atoms with Gasteiger partial charge in [-0.15, -0.1) is 11.3 Å². The van der Waals surface area contributed by atoms with Crippen LogP contribution in [0.15, 0.2) is 65.6 Å². The van der Waals surface area contributed by atoms with Gasteiger partial charge < -0.3 is 9.30 Å². The zero-order valence-corrected chi connectivity index (χ0v) is 14.7. The zero-order valence-electron chi connectivity index (χ0n) is 13.9. The molecule has 2 aromatic heterocycles. The molecule has 0 unspecified atom stereocenters. The number of nitrogens with zero attached hydrogens (tertiary/aromatic N) is 2. The molecule has 124 valence electrons. The van der Waals surface area contributed by atoms with Crippen LogP contribution in [-0.4, -0.2) is 9.55 Å². The number of ether oxygens (including phenoxy) is 1. The molecule has 4 rings (SSSR count). The Morgan fingerprint density at radius 3 is 2.60 bits per heavy atom. The van der Waals surface area contributed by atoms with Crippen LogP contribution in [0.3, 0.4) is 0 Å². The highest BCUT2D eigenvalue weighted by atomic mass is 32.1. The summed E-state index contributed by atoms with van der Waals surface area (Å²) in [6, 6.07) is 17.1. The summed E-state index contributed by atoms with van der Waals surface area (Å²) in [6.45, 7) is 1.99. The lowest BCUT2D eigenvalue weighted by Crippen LogP contribution is -2.14. The van der Waals surface area contributed by atoms with Crippen molar-refractivity contribution < 1.29 is 4.74 Å². The van der Waals surface area contributed by atoms with E-state index in [1.165, 1.54) is 0 Å². The van der Waals surface area contributed by atoms with Crippen LogP contribution in [0.2, 0.25) is 0 Å². The van der Waals surface area contributed by atoms with Crippen LogP contribution >= 0.6 is 11.3 Å². The van der Waals surface area contributed by atoms with Gasteiger partial charge in [0, 0.05) is 30.4 Å². The standard InChI is InChI=1S/C20H16N2O2S/c1-13-21-19-17(25-13)10-9-16(14-8-11-18(23)22(2)12-14)20(19)24-15-6-4-3-5-7-15/h3-12H,1-2H3. The minimum atomic E-state index is -0.0418. The molecule has 0 aliphatic heterocycles. The summed E-state index contributed by atoms with van der Waals surface area (Å²) >= 11 is 1.64. The van der Waals surface area contributed by atoms with Gasteiger partial charge in [-0.05, 0) is 37.3 Å². The van der Waals surface area contributed by atoms with Gasteiger partial charge >= 0.3 is 0 Å². The molecule has 0 spiro atoms. The molecule has 0 saturated heterocycles. The van der Waals surface area contributed by atoms with Gasteiger partial charge in [-0.3, -0.25) is 4.79 Å². The SMILES string of the molecule is Cc1nc2c(Oc3ccccc3)c(-c3ccc(=O)n(C)c3)ccc2s1. The van der Waals surface area contributed by atoms with Gasteiger partial charge in [0.15, 0.2) is 5.75 Å². The average molecular weight is 348 g/mol. The average Bonchev–Trinajstić information content (AvgIpc) is 2.99. The number of benzene rings is 2. The molecule has 0 aliphatic rings. The summed E-state index contributed by atoms with van der Waals surface area (Å²) in [6.07, 6.45) is 1.82. The molecular weight excluding hydrogens is 332 g/mol. The maximum Gasteiger partial charge on any atom is 0.250 e. The molecular formula is C20H16N2O2S. The van der Waals surface area contributed by atoms with Crippen molar-refractivity contribution in [1.29, 1.82) is 0 Å². The van der Waals surface area contributed by atoms with Gasteiger partial charge in [0.1, 0.15) is 11.3 Å². The Balaban J connectivity index is 1.95. The Bertz CT molecular complexity index is 1110. The number of para-hydroxylation sites is 1. The summed E-state index contributed by atoms with van der Waals surface area (Å²) in [7, 11) is 1.75. The molecule has 0 amide bonds. The summed E-state index contributed by atoms with van der Waals surface area (Å²) in [5, 5.41) is 0.991. The van der Waals surface area contributed by atoms with Crippen molar-refractivity contribution in [3.8, 4) is 22.6 Å². The highest BCUT2D eigenvalue weighted by molar-refractivity contribution is 7.18. The minimum absolute atomic E-state index is 0.0418. The molecule has 0 bridgehead atoms. The Labute approximate surface area is 149 Å².